The third-order valence-corrected chi connectivity index (χ3v) is 4.40. The van der Waals surface area contributed by atoms with E-state index in [1.165, 1.54) is 4.90 Å². The average Bonchev–Trinajstić information content (AvgIpc) is 3.20. The number of imide groups is 1. The Bertz CT molecular complexity index is 958. The first kappa shape index (κ1) is 15.3. The van der Waals surface area contributed by atoms with E-state index in [1.807, 2.05) is 31.2 Å². The quantitative estimate of drug-likeness (QED) is 0.687. The first-order valence-electron chi connectivity index (χ1n) is 7.94. The van der Waals surface area contributed by atoms with Gasteiger partial charge in [-0.15, -0.1) is 0 Å². The zero-order valence-corrected chi connectivity index (χ0v) is 13.8. The minimum Gasteiger partial charge on any atom is -0.337 e. The number of fused-ring (bicyclic) bond motifs is 1. The standard InChI is InChI=1S/C19H15N3O3/c1-11-7-3-4-8-13(11)16-20-17(25-21-16)12(2)22-18(23)14-9-5-6-10-15(14)19(22)24/h3-10,12H,1-2H3. The topological polar surface area (TPSA) is 76.3 Å². The Morgan fingerprint density at radius 2 is 1.48 bits per heavy atom. The largest absolute Gasteiger partial charge is 0.337 e. The third-order valence-electron chi connectivity index (χ3n) is 4.40. The van der Waals surface area contributed by atoms with Gasteiger partial charge in [0.25, 0.3) is 11.8 Å². The number of carbonyl (C=O) groups is 2. The maximum Gasteiger partial charge on any atom is 0.262 e. The van der Waals surface area contributed by atoms with Gasteiger partial charge in [-0.3, -0.25) is 14.5 Å². The van der Waals surface area contributed by atoms with Crippen molar-refractivity contribution in [2.24, 2.45) is 0 Å². The van der Waals surface area contributed by atoms with Crippen LogP contribution in [0.2, 0.25) is 0 Å². The fourth-order valence-electron chi connectivity index (χ4n) is 3.01. The van der Waals surface area contributed by atoms with Crippen LogP contribution in [0.4, 0.5) is 0 Å². The second kappa shape index (κ2) is 5.66. The predicted molar refractivity (Wildman–Crippen MR) is 89.8 cm³/mol. The zero-order chi connectivity index (χ0) is 17.6. The predicted octanol–water partition coefficient (Wildman–Crippen LogP) is 3.40. The number of hydrogen-bond donors (Lipinski definition) is 0. The van der Waals surface area contributed by atoms with Crippen molar-refractivity contribution in [3.8, 4) is 11.4 Å². The van der Waals surface area contributed by atoms with E-state index in [1.54, 1.807) is 31.2 Å². The molecule has 1 unspecified atom stereocenters. The van der Waals surface area contributed by atoms with Crippen LogP contribution >= 0.6 is 0 Å². The summed E-state index contributed by atoms with van der Waals surface area (Å²) in [6.45, 7) is 3.66. The Balaban J connectivity index is 1.67. The van der Waals surface area contributed by atoms with Gasteiger partial charge in [0.05, 0.1) is 11.1 Å². The summed E-state index contributed by atoms with van der Waals surface area (Å²) < 4.78 is 5.34. The fourth-order valence-corrected chi connectivity index (χ4v) is 3.01. The monoisotopic (exact) mass is 333 g/mol. The molecular weight excluding hydrogens is 318 g/mol. The molecule has 2 aromatic carbocycles. The molecule has 2 heterocycles. The second-order valence-electron chi connectivity index (χ2n) is 5.97. The van der Waals surface area contributed by atoms with Crippen molar-refractivity contribution in [1.82, 2.24) is 15.0 Å². The molecule has 6 heteroatoms. The van der Waals surface area contributed by atoms with E-state index >= 15 is 0 Å². The van der Waals surface area contributed by atoms with Crippen molar-refractivity contribution < 1.29 is 14.1 Å². The molecule has 1 aliphatic heterocycles. The van der Waals surface area contributed by atoms with Crippen molar-refractivity contribution in [1.29, 1.82) is 0 Å². The molecule has 25 heavy (non-hydrogen) atoms. The number of aryl methyl sites for hydroxylation is 1. The molecule has 4 rings (SSSR count). The lowest BCUT2D eigenvalue weighted by molar-refractivity contribution is 0.0568. The van der Waals surface area contributed by atoms with Gasteiger partial charge in [0, 0.05) is 5.56 Å². The lowest BCUT2D eigenvalue weighted by Gasteiger charge is -2.18. The average molecular weight is 333 g/mol. The summed E-state index contributed by atoms with van der Waals surface area (Å²) in [7, 11) is 0. The minimum atomic E-state index is -0.641. The SMILES string of the molecule is Cc1ccccc1-c1noc(C(C)N2C(=O)c3ccccc3C2=O)n1. The Morgan fingerprint density at radius 3 is 2.08 bits per heavy atom. The Hall–Kier alpha value is -3.28. The summed E-state index contributed by atoms with van der Waals surface area (Å²) in [5, 5.41) is 4.00. The summed E-state index contributed by atoms with van der Waals surface area (Å²) in [5.74, 6) is -0.0169. The number of hydrogen-bond acceptors (Lipinski definition) is 5. The Kier molecular flexibility index (Phi) is 3.46. The number of rotatable bonds is 3. The molecule has 6 nitrogen and oxygen atoms in total. The number of benzene rings is 2. The second-order valence-corrected chi connectivity index (χ2v) is 5.97. The molecule has 0 bridgehead atoms. The van der Waals surface area contributed by atoms with Crippen LogP contribution in [0, 0.1) is 6.92 Å². The fraction of sp³-hybridized carbons (Fsp3) is 0.158. The highest BCUT2D eigenvalue weighted by Gasteiger charge is 2.40. The lowest BCUT2D eigenvalue weighted by atomic mass is 10.1. The van der Waals surface area contributed by atoms with Crippen LogP contribution in [-0.4, -0.2) is 26.9 Å². The number of carbonyl (C=O) groups excluding carboxylic acids is 2. The first-order valence-corrected chi connectivity index (χ1v) is 7.94. The van der Waals surface area contributed by atoms with Gasteiger partial charge in [-0.05, 0) is 31.5 Å². The molecule has 0 saturated carbocycles. The van der Waals surface area contributed by atoms with Crippen molar-refractivity contribution in [2.45, 2.75) is 19.9 Å². The Labute approximate surface area is 144 Å². The van der Waals surface area contributed by atoms with Gasteiger partial charge in [0.1, 0.15) is 6.04 Å². The number of amides is 2. The minimum absolute atomic E-state index is 0.229. The maximum atomic E-state index is 12.6. The maximum absolute atomic E-state index is 12.6. The van der Waals surface area contributed by atoms with Gasteiger partial charge in [0.15, 0.2) is 0 Å². The van der Waals surface area contributed by atoms with Crippen LogP contribution in [0.3, 0.4) is 0 Å². The van der Waals surface area contributed by atoms with Gasteiger partial charge < -0.3 is 4.52 Å². The van der Waals surface area contributed by atoms with Crippen LogP contribution in [0.25, 0.3) is 11.4 Å². The summed E-state index contributed by atoms with van der Waals surface area (Å²) in [6, 6.07) is 13.8. The zero-order valence-electron chi connectivity index (χ0n) is 13.8. The highest BCUT2D eigenvalue weighted by molar-refractivity contribution is 6.21. The Morgan fingerprint density at radius 1 is 0.920 bits per heavy atom. The molecule has 0 aliphatic carbocycles. The molecule has 0 fully saturated rings. The molecule has 1 atom stereocenters. The van der Waals surface area contributed by atoms with Crippen LogP contribution < -0.4 is 0 Å². The highest BCUT2D eigenvalue weighted by atomic mass is 16.5. The van der Waals surface area contributed by atoms with E-state index in [9.17, 15) is 9.59 Å². The third kappa shape index (κ3) is 2.34. The molecule has 0 spiro atoms. The van der Waals surface area contributed by atoms with Crippen LogP contribution in [0.15, 0.2) is 53.1 Å². The van der Waals surface area contributed by atoms with Gasteiger partial charge in [-0.25, -0.2) is 0 Å². The molecule has 1 aliphatic rings. The number of aromatic nitrogens is 2. The van der Waals surface area contributed by atoms with E-state index in [0.29, 0.717) is 17.0 Å². The van der Waals surface area contributed by atoms with Gasteiger partial charge in [-0.1, -0.05) is 41.6 Å². The van der Waals surface area contributed by atoms with Gasteiger partial charge in [-0.2, -0.15) is 4.98 Å². The van der Waals surface area contributed by atoms with Gasteiger partial charge >= 0.3 is 0 Å². The molecule has 2 amide bonds. The molecule has 0 N–H and O–H groups in total. The molecular formula is C19H15N3O3. The molecule has 0 saturated heterocycles. The highest BCUT2D eigenvalue weighted by Crippen LogP contribution is 2.31. The van der Waals surface area contributed by atoms with E-state index < -0.39 is 6.04 Å². The van der Waals surface area contributed by atoms with E-state index in [2.05, 4.69) is 10.1 Å². The molecule has 3 aromatic rings. The summed E-state index contributed by atoms with van der Waals surface area (Å²) >= 11 is 0. The molecule has 124 valence electrons. The van der Waals surface area contributed by atoms with Gasteiger partial charge in [0.2, 0.25) is 11.7 Å². The number of nitrogens with zero attached hydrogens (tertiary/aromatic N) is 3. The van der Waals surface area contributed by atoms with E-state index in [4.69, 9.17) is 4.52 Å². The van der Waals surface area contributed by atoms with Crippen molar-refractivity contribution >= 4 is 11.8 Å². The van der Waals surface area contributed by atoms with Crippen LogP contribution in [0.1, 0.15) is 45.1 Å². The summed E-state index contributed by atoms with van der Waals surface area (Å²) in [4.78, 5) is 30.7. The summed E-state index contributed by atoms with van der Waals surface area (Å²) in [6.07, 6.45) is 0. The smallest absolute Gasteiger partial charge is 0.262 e. The van der Waals surface area contributed by atoms with Crippen LogP contribution in [-0.2, 0) is 0 Å². The van der Waals surface area contributed by atoms with Crippen molar-refractivity contribution in [2.75, 3.05) is 0 Å². The first-order chi connectivity index (χ1) is 12.1. The molecule has 1 aromatic heterocycles. The van der Waals surface area contributed by atoms with E-state index in [-0.39, 0.29) is 17.7 Å². The van der Waals surface area contributed by atoms with Crippen molar-refractivity contribution in [3.63, 3.8) is 0 Å². The van der Waals surface area contributed by atoms with Crippen molar-refractivity contribution in [3.05, 3.63) is 71.1 Å². The molecule has 0 radical (unpaired) electrons. The van der Waals surface area contributed by atoms with E-state index in [0.717, 1.165) is 11.1 Å². The summed E-state index contributed by atoms with van der Waals surface area (Å²) in [5.41, 5.74) is 2.67. The lowest BCUT2D eigenvalue weighted by Crippen LogP contribution is -2.32. The van der Waals surface area contributed by atoms with Crippen LogP contribution in [0.5, 0.6) is 0 Å². The normalized spacial score (nSPS) is 14.7.